The number of Topliss-reactive ketones (excluding diaryl/α,β-unsaturated/α-hetero) is 1. The minimum absolute atomic E-state index is 0.238. The van der Waals surface area contributed by atoms with E-state index in [4.69, 9.17) is 4.74 Å². The van der Waals surface area contributed by atoms with Crippen LogP contribution in [-0.4, -0.2) is 29.9 Å². The maximum atomic E-state index is 11.5. The van der Waals surface area contributed by atoms with Crippen molar-refractivity contribution in [3.05, 3.63) is 0 Å². The van der Waals surface area contributed by atoms with Crippen LogP contribution >= 0.6 is 0 Å². The minimum atomic E-state index is -1.10. The monoisotopic (exact) mass is 200 g/mol. The molecule has 0 aromatic rings. The Morgan fingerprint density at radius 2 is 2.21 bits per heavy atom. The molecule has 1 fully saturated rings. The van der Waals surface area contributed by atoms with E-state index < -0.39 is 11.6 Å². The van der Waals surface area contributed by atoms with Crippen LogP contribution < -0.4 is 0 Å². The molecule has 0 amide bonds. The molecule has 1 aliphatic heterocycles. The number of carbonyl (C=O) groups excluding carboxylic acids is 3. The Labute approximate surface area is 81.4 Å². The number of hydrogen-bond acceptors (Lipinski definition) is 5. The minimum Gasteiger partial charge on any atom is -0.458 e. The van der Waals surface area contributed by atoms with Crippen molar-refractivity contribution in [2.75, 3.05) is 6.61 Å². The van der Waals surface area contributed by atoms with Gasteiger partial charge in [0.25, 0.3) is 0 Å². The second-order valence-electron chi connectivity index (χ2n) is 3.41. The highest BCUT2D eigenvalue weighted by molar-refractivity contribution is 5.93. The van der Waals surface area contributed by atoms with E-state index in [1.807, 2.05) is 0 Å². The lowest BCUT2D eigenvalue weighted by Crippen LogP contribution is -2.38. The average molecular weight is 200 g/mol. The van der Waals surface area contributed by atoms with E-state index in [-0.39, 0.29) is 24.8 Å². The molecule has 0 bridgehead atoms. The largest absolute Gasteiger partial charge is 0.458 e. The zero-order valence-corrected chi connectivity index (χ0v) is 8.16. The van der Waals surface area contributed by atoms with Crippen molar-refractivity contribution in [3.63, 3.8) is 0 Å². The number of rotatable bonds is 3. The number of esters is 2. The van der Waals surface area contributed by atoms with Crippen molar-refractivity contribution in [2.24, 2.45) is 0 Å². The predicted molar refractivity (Wildman–Crippen MR) is 45.4 cm³/mol. The summed E-state index contributed by atoms with van der Waals surface area (Å²) >= 11 is 0. The molecule has 0 aromatic carbocycles. The molecule has 0 spiro atoms. The van der Waals surface area contributed by atoms with Gasteiger partial charge in [-0.05, 0) is 6.92 Å². The van der Waals surface area contributed by atoms with Crippen LogP contribution in [0.15, 0.2) is 0 Å². The first-order valence-corrected chi connectivity index (χ1v) is 4.32. The molecule has 1 atom stereocenters. The Morgan fingerprint density at radius 1 is 1.57 bits per heavy atom. The molecule has 0 radical (unpaired) electrons. The summed E-state index contributed by atoms with van der Waals surface area (Å²) in [5, 5.41) is 0. The maximum Gasteiger partial charge on any atom is 0.306 e. The van der Waals surface area contributed by atoms with E-state index >= 15 is 0 Å². The van der Waals surface area contributed by atoms with Gasteiger partial charge in [-0.2, -0.15) is 0 Å². The van der Waals surface area contributed by atoms with Crippen LogP contribution in [0.4, 0.5) is 0 Å². The Bertz CT molecular complexity index is 283. The predicted octanol–water partition coefficient (Wildman–Crippen LogP) is 0.214. The van der Waals surface area contributed by atoms with Gasteiger partial charge in [-0.25, -0.2) is 0 Å². The number of ether oxygens (including phenoxy) is 2. The van der Waals surface area contributed by atoms with Crippen molar-refractivity contribution in [3.8, 4) is 0 Å². The highest BCUT2D eigenvalue weighted by atomic mass is 16.6. The van der Waals surface area contributed by atoms with Gasteiger partial charge in [0.1, 0.15) is 0 Å². The van der Waals surface area contributed by atoms with E-state index in [1.54, 1.807) is 0 Å². The summed E-state index contributed by atoms with van der Waals surface area (Å²) in [5.41, 5.74) is -1.10. The fourth-order valence-corrected chi connectivity index (χ4v) is 1.21. The summed E-state index contributed by atoms with van der Waals surface area (Å²) in [5.74, 6) is -1.28. The Balaban J connectivity index is 2.51. The normalized spacial score (nSPS) is 25.7. The quantitative estimate of drug-likeness (QED) is 0.609. The Kier molecular flexibility index (Phi) is 2.88. The highest BCUT2D eigenvalue weighted by Gasteiger charge is 2.42. The standard InChI is InChI=1S/C9H12O5/c1-6(10)13-5-7(11)9(2)4-3-8(12)14-9/h3-5H2,1-2H3. The molecule has 1 unspecified atom stereocenters. The summed E-state index contributed by atoms with van der Waals surface area (Å²) in [6.45, 7) is 2.42. The molecular weight excluding hydrogens is 188 g/mol. The molecule has 1 rings (SSSR count). The van der Waals surface area contributed by atoms with Crippen LogP contribution in [0, 0.1) is 0 Å². The van der Waals surface area contributed by atoms with Gasteiger partial charge < -0.3 is 9.47 Å². The second kappa shape index (κ2) is 3.77. The summed E-state index contributed by atoms with van der Waals surface area (Å²) in [6.07, 6.45) is 0.592. The van der Waals surface area contributed by atoms with Crippen LogP contribution in [0.1, 0.15) is 26.7 Å². The number of hydrogen-bond donors (Lipinski definition) is 0. The first-order valence-electron chi connectivity index (χ1n) is 4.32. The van der Waals surface area contributed by atoms with Crippen molar-refractivity contribution >= 4 is 17.7 Å². The van der Waals surface area contributed by atoms with Crippen molar-refractivity contribution in [1.82, 2.24) is 0 Å². The fourth-order valence-electron chi connectivity index (χ4n) is 1.21. The Hall–Kier alpha value is -1.39. The summed E-state index contributed by atoms with van der Waals surface area (Å²) in [6, 6.07) is 0. The van der Waals surface area contributed by atoms with Gasteiger partial charge >= 0.3 is 11.9 Å². The topological polar surface area (TPSA) is 69.7 Å². The second-order valence-corrected chi connectivity index (χ2v) is 3.41. The third-order valence-corrected chi connectivity index (χ3v) is 2.14. The molecule has 0 N–H and O–H groups in total. The zero-order valence-electron chi connectivity index (χ0n) is 8.16. The first-order chi connectivity index (χ1) is 6.44. The van der Waals surface area contributed by atoms with E-state index in [2.05, 4.69) is 4.74 Å². The lowest BCUT2D eigenvalue weighted by Gasteiger charge is -2.20. The van der Waals surface area contributed by atoms with Gasteiger partial charge in [-0.1, -0.05) is 0 Å². The van der Waals surface area contributed by atoms with E-state index in [0.717, 1.165) is 0 Å². The SMILES string of the molecule is CC(=O)OCC(=O)C1(C)CCC(=O)O1. The van der Waals surface area contributed by atoms with Gasteiger partial charge in [0, 0.05) is 19.8 Å². The molecule has 5 heteroatoms. The van der Waals surface area contributed by atoms with Gasteiger partial charge in [0.15, 0.2) is 12.2 Å². The average Bonchev–Trinajstić information content (AvgIpc) is 2.43. The van der Waals surface area contributed by atoms with E-state index in [1.165, 1.54) is 13.8 Å². The highest BCUT2D eigenvalue weighted by Crippen LogP contribution is 2.26. The lowest BCUT2D eigenvalue weighted by atomic mass is 9.98. The molecule has 1 heterocycles. The molecule has 0 aliphatic carbocycles. The van der Waals surface area contributed by atoms with Crippen molar-refractivity contribution < 1.29 is 23.9 Å². The number of cyclic esters (lactones) is 1. The molecule has 1 aliphatic rings. The van der Waals surface area contributed by atoms with Crippen LogP contribution in [-0.2, 0) is 23.9 Å². The maximum absolute atomic E-state index is 11.5. The summed E-state index contributed by atoms with van der Waals surface area (Å²) in [4.78, 5) is 32.7. The van der Waals surface area contributed by atoms with Crippen molar-refractivity contribution in [2.45, 2.75) is 32.3 Å². The summed E-state index contributed by atoms with van der Waals surface area (Å²) in [7, 11) is 0. The third kappa shape index (κ3) is 2.31. The molecule has 14 heavy (non-hydrogen) atoms. The van der Waals surface area contributed by atoms with E-state index in [9.17, 15) is 14.4 Å². The molecular formula is C9H12O5. The van der Waals surface area contributed by atoms with Gasteiger partial charge in [-0.3, -0.25) is 14.4 Å². The summed E-state index contributed by atoms with van der Waals surface area (Å²) < 4.78 is 9.40. The first kappa shape index (κ1) is 10.7. The molecule has 5 nitrogen and oxygen atoms in total. The van der Waals surface area contributed by atoms with Crippen LogP contribution in [0.3, 0.4) is 0 Å². The molecule has 1 saturated heterocycles. The molecule has 0 saturated carbocycles. The van der Waals surface area contributed by atoms with Crippen molar-refractivity contribution in [1.29, 1.82) is 0 Å². The van der Waals surface area contributed by atoms with Gasteiger partial charge in [0.2, 0.25) is 5.78 Å². The fraction of sp³-hybridized carbons (Fsp3) is 0.667. The van der Waals surface area contributed by atoms with Gasteiger partial charge in [-0.15, -0.1) is 0 Å². The van der Waals surface area contributed by atoms with Gasteiger partial charge in [0.05, 0.1) is 0 Å². The number of carbonyl (C=O) groups is 3. The third-order valence-electron chi connectivity index (χ3n) is 2.14. The van der Waals surface area contributed by atoms with Crippen LogP contribution in [0.25, 0.3) is 0 Å². The molecule has 0 aromatic heterocycles. The van der Waals surface area contributed by atoms with Crippen LogP contribution in [0.2, 0.25) is 0 Å². The smallest absolute Gasteiger partial charge is 0.306 e. The van der Waals surface area contributed by atoms with Crippen LogP contribution in [0.5, 0.6) is 0 Å². The lowest BCUT2D eigenvalue weighted by molar-refractivity contribution is -0.160. The zero-order chi connectivity index (χ0) is 10.8. The van der Waals surface area contributed by atoms with E-state index in [0.29, 0.717) is 6.42 Å². The number of ketones is 1. The molecule has 78 valence electrons. The Morgan fingerprint density at radius 3 is 2.64 bits per heavy atom.